The molecule has 0 amide bonds. The Morgan fingerprint density at radius 1 is 1.38 bits per heavy atom. The molecule has 4 heteroatoms. The lowest BCUT2D eigenvalue weighted by molar-refractivity contribution is 0.0259. The zero-order valence-corrected chi connectivity index (χ0v) is 10.7. The number of methoxy groups -OCH3 is 1. The first kappa shape index (κ1) is 13.9. The summed E-state index contributed by atoms with van der Waals surface area (Å²) in [5.74, 6) is 0. The molecule has 0 bridgehead atoms. The van der Waals surface area contributed by atoms with Gasteiger partial charge in [-0.3, -0.25) is 4.90 Å². The second kappa shape index (κ2) is 8.01. The van der Waals surface area contributed by atoms with Crippen molar-refractivity contribution in [3.8, 4) is 0 Å². The van der Waals surface area contributed by atoms with E-state index in [0.29, 0.717) is 12.2 Å². The fourth-order valence-electron chi connectivity index (χ4n) is 2.14. The minimum atomic E-state index is 0.407. The highest BCUT2D eigenvalue weighted by Gasteiger charge is 2.23. The monoisotopic (exact) mass is 230 g/mol. The maximum atomic E-state index is 5.84. The van der Waals surface area contributed by atoms with E-state index in [4.69, 9.17) is 15.2 Å². The molecule has 0 aromatic carbocycles. The number of nitrogens with two attached hydrogens (primary N) is 1. The van der Waals surface area contributed by atoms with Gasteiger partial charge in [-0.05, 0) is 39.3 Å². The van der Waals surface area contributed by atoms with Gasteiger partial charge >= 0.3 is 0 Å². The minimum absolute atomic E-state index is 0.407. The number of ether oxygens (including phenoxy) is 2. The molecule has 2 atom stereocenters. The molecule has 16 heavy (non-hydrogen) atoms. The van der Waals surface area contributed by atoms with Crippen LogP contribution in [0.5, 0.6) is 0 Å². The first-order valence-electron chi connectivity index (χ1n) is 6.33. The average molecular weight is 230 g/mol. The van der Waals surface area contributed by atoms with Crippen molar-refractivity contribution < 1.29 is 9.47 Å². The average Bonchev–Trinajstić information content (AvgIpc) is 2.68. The topological polar surface area (TPSA) is 47.7 Å². The van der Waals surface area contributed by atoms with Crippen LogP contribution in [-0.2, 0) is 9.47 Å². The summed E-state index contributed by atoms with van der Waals surface area (Å²) in [6, 6.07) is 0. The Hall–Kier alpha value is -0.160. The normalized spacial score (nSPS) is 25.5. The molecule has 1 fully saturated rings. The van der Waals surface area contributed by atoms with Gasteiger partial charge in [0.1, 0.15) is 0 Å². The molecule has 0 aromatic rings. The first-order chi connectivity index (χ1) is 7.76. The standard InChI is InChI=1S/C12H26N2O2/c1-11-4-5-12(16-11)10-14(7-3-6-13)8-9-15-2/h11-12H,3-10,13H2,1-2H3. The molecule has 0 aromatic heterocycles. The van der Waals surface area contributed by atoms with Crippen LogP contribution in [0, 0.1) is 0 Å². The number of hydrogen-bond acceptors (Lipinski definition) is 4. The lowest BCUT2D eigenvalue weighted by atomic mass is 10.2. The molecule has 0 saturated carbocycles. The summed E-state index contributed by atoms with van der Waals surface area (Å²) in [7, 11) is 1.75. The van der Waals surface area contributed by atoms with E-state index in [2.05, 4.69) is 11.8 Å². The summed E-state index contributed by atoms with van der Waals surface area (Å²) in [6.07, 6.45) is 4.27. The highest BCUT2D eigenvalue weighted by molar-refractivity contribution is 4.74. The van der Waals surface area contributed by atoms with Crippen LogP contribution in [0.25, 0.3) is 0 Å². The molecule has 1 rings (SSSR count). The Labute approximate surface area is 99.1 Å². The zero-order chi connectivity index (χ0) is 11.8. The molecule has 0 spiro atoms. The molecular weight excluding hydrogens is 204 g/mol. The second-order valence-corrected chi connectivity index (χ2v) is 4.58. The van der Waals surface area contributed by atoms with Crippen molar-refractivity contribution in [2.75, 3.05) is 39.9 Å². The molecule has 0 aliphatic carbocycles. The van der Waals surface area contributed by atoms with Crippen LogP contribution in [0.2, 0.25) is 0 Å². The Morgan fingerprint density at radius 3 is 2.75 bits per heavy atom. The number of hydrogen-bond donors (Lipinski definition) is 1. The summed E-state index contributed by atoms with van der Waals surface area (Å²) in [6.45, 7) is 6.74. The van der Waals surface area contributed by atoms with Crippen LogP contribution in [0.15, 0.2) is 0 Å². The van der Waals surface area contributed by atoms with Gasteiger partial charge in [0.15, 0.2) is 0 Å². The van der Waals surface area contributed by atoms with E-state index in [1.165, 1.54) is 12.8 Å². The van der Waals surface area contributed by atoms with Gasteiger partial charge in [0.2, 0.25) is 0 Å². The maximum absolute atomic E-state index is 5.84. The molecule has 2 unspecified atom stereocenters. The Balaban J connectivity index is 2.24. The minimum Gasteiger partial charge on any atom is -0.383 e. The van der Waals surface area contributed by atoms with Crippen LogP contribution in [0.1, 0.15) is 26.2 Å². The zero-order valence-electron chi connectivity index (χ0n) is 10.7. The first-order valence-corrected chi connectivity index (χ1v) is 6.33. The molecule has 1 aliphatic rings. The second-order valence-electron chi connectivity index (χ2n) is 4.58. The van der Waals surface area contributed by atoms with Crippen LogP contribution in [-0.4, -0.2) is 57.0 Å². The molecule has 4 nitrogen and oxygen atoms in total. The quantitative estimate of drug-likeness (QED) is 0.671. The Bertz CT molecular complexity index is 170. The van der Waals surface area contributed by atoms with Gasteiger partial charge in [0, 0.05) is 20.2 Å². The molecule has 96 valence electrons. The number of nitrogens with zero attached hydrogens (tertiary/aromatic N) is 1. The van der Waals surface area contributed by atoms with Crippen molar-refractivity contribution >= 4 is 0 Å². The summed E-state index contributed by atoms with van der Waals surface area (Å²) >= 11 is 0. The van der Waals surface area contributed by atoms with Crippen molar-refractivity contribution in [1.29, 1.82) is 0 Å². The summed E-state index contributed by atoms with van der Waals surface area (Å²) in [5, 5.41) is 0. The lowest BCUT2D eigenvalue weighted by Gasteiger charge is -2.25. The Kier molecular flexibility index (Phi) is 6.96. The van der Waals surface area contributed by atoms with Gasteiger partial charge in [0.05, 0.1) is 18.8 Å². The van der Waals surface area contributed by atoms with Crippen molar-refractivity contribution in [2.24, 2.45) is 5.73 Å². The van der Waals surface area contributed by atoms with Crippen LogP contribution in [0.3, 0.4) is 0 Å². The third-order valence-corrected chi connectivity index (χ3v) is 3.07. The van der Waals surface area contributed by atoms with Crippen LogP contribution in [0.4, 0.5) is 0 Å². The van der Waals surface area contributed by atoms with Gasteiger partial charge in [-0.15, -0.1) is 0 Å². The third-order valence-electron chi connectivity index (χ3n) is 3.07. The number of rotatable bonds is 8. The van der Waals surface area contributed by atoms with E-state index < -0.39 is 0 Å². The van der Waals surface area contributed by atoms with Crippen molar-refractivity contribution in [2.45, 2.75) is 38.4 Å². The van der Waals surface area contributed by atoms with Crippen molar-refractivity contribution in [3.05, 3.63) is 0 Å². The van der Waals surface area contributed by atoms with E-state index >= 15 is 0 Å². The molecule has 1 aliphatic heterocycles. The van der Waals surface area contributed by atoms with E-state index in [-0.39, 0.29) is 0 Å². The summed E-state index contributed by atoms with van der Waals surface area (Å²) in [4.78, 5) is 2.40. The van der Waals surface area contributed by atoms with E-state index in [9.17, 15) is 0 Å². The summed E-state index contributed by atoms with van der Waals surface area (Å²) < 4.78 is 11.0. The van der Waals surface area contributed by atoms with Gasteiger partial charge in [-0.25, -0.2) is 0 Å². The maximum Gasteiger partial charge on any atom is 0.0706 e. The smallest absolute Gasteiger partial charge is 0.0706 e. The third kappa shape index (κ3) is 5.25. The molecule has 1 saturated heterocycles. The molecule has 0 radical (unpaired) electrons. The van der Waals surface area contributed by atoms with Crippen molar-refractivity contribution in [3.63, 3.8) is 0 Å². The highest BCUT2D eigenvalue weighted by Crippen LogP contribution is 2.19. The van der Waals surface area contributed by atoms with Crippen LogP contribution >= 0.6 is 0 Å². The van der Waals surface area contributed by atoms with Gasteiger partial charge in [-0.2, -0.15) is 0 Å². The molecule has 1 heterocycles. The van der Waals surface area contributed by atoms with E-state index in [0.717, 1.165) is 39.2 Å². The predicted molar refractivity (Wildman–Crippen MR) is 65.6 cm³/mol. The predicted octanol–water partition coefficient (Wildman–Crippen LogP) is 0.851. The van der Waals surface area contributed by atoms with Crippen molar-refractivity contribution in [1.82, 2.24) is 4.90 Å². The van der Waals surface area contributed by atoms with E-state index in [1.54, 1.807) is 7.11 Å². The largest absolute Gasteiger partial charge is 0.383 e. The van der Waals surface area contributed by atoms with Gasteiger partial charge < -0.3 is 15.2 Å². The highest BCUT2D eigenvalue weighted by atomic mass is 16.5. The van der Waals surface area contributed by atoms with E-state index in [1.807, 2.05) is 0 Å². The molecule has 2 N–H and O–H groups in total. The fourth-order valence-corrected chi connectivity index (χ4v) is 2.14. The Morgan fingerprint density at radius 2 is 2.19 bits per heavy atom. The summed E-state index contributed by atoms with van der Waals surface area (Å²) in [5.41, 5.74) is 5.55. The van der Waals surface area contributed by atoms with Gasteiger partial charge in [-0.1, -0.05) is 0 Å². The lowest BCUT2D eigenvalue weighted by Crippen LogP contribution is -2.36. The SMILES string of the molecule is COCCN(CCCN)CC1CCC(C)O1. The molecular formula is C12H26N2O2. The fraction of sp³-hybridized carbons (Fsp3) is 1.00. The van der Waals surface area contributed by atoms with Crippen LogP contribution < -0.4 is 5.73 Å². The van der Waals surface area contributed by atoms with Gasteiger partial charge in [0.25, 0.3) is 0 Å².